The van der Waals surface area contributed by atoms with Crippen molar-refractivity contribution in [1.82, 2.24) is 9.55 Å². The summed E-state index contributed by atoms with van der Waals surface area (Å²) < 4.78 is 7.23. The molecular formula is C21H21N3O2S. The molecule has 2 N–H and O–H groups in total. The van der Waals surface area contributed by atoms with Crippen LogP contribution in [0.3, 0.4) is 0 Å². The van der Waals surface area contributed by atoms with Gasteiger partial charge in [-0.1, -0.05) is 30.3 Å². The van der Waals surface area contributed by atoms with E-state index in [-0.39, 0.29) is 5.56 Å². The number of hydrogen-bond acceptors (Lipinski definition) is 5. The van der Waals surface area contributed by atoms with Crippen molar-refractivity contribution in [3.63, 3.8) is 0 Å². The highest BCUT2D eigenvalue weighted by atomic mass is 32.1. The smallest absolute Gasteiger partial charge is 0.262 e. The second-order valence-corrected chi connectivity index (χ2v) is 7.60. The first-order valence-corrected chi connectivity index (χ1v) is 9.67. The van der Waals surface area contributed by atoms with Gasteiger partial charge in [0, 0.05) is 10.4 Å². The third kappa shape index (κ3) is 3.01. The molecule has 0 aliphatic heterocycles. The number of thiophene rings is 1. The number of fused-ring (bicyclic) bond motifs is 2. The number of aryl methyl sites for hydroxylation is 1. The maximum atomic E-state index is 13.2. The average molecular weight is 379 g/mol. The number of nitrogens with zero attached hydrogens (tertiary/aromatic N) is 2. The SMILES string of the molecule is COc1ccc2ccccc2c1Cn1cnc2sc(CCN)c(C)c2c1=O. The van der Waals surface area contributed by atoms with E-state index < -0.39 is 0 Å². The van der Waals surface area contributed by atoms with Gasteiger partial charge < -0.3 is 10.5 Å². The molecule has 2 aromatic heterocycles. The molecule has 4 aromatic rings. The number of ether oxygens (including phenoxy) is 1. The molecule has 2 heterocycles. The monoisotopic (exact) mass is 379 g/mol. The van der Waals surface area contributed by atoms with E-state index in [0.29, 0.717) is 18.5 Å². The molecule has 0 spiro atoms. The highest BCUT2D eigenvalue weighted by Crippen LogP contribution is 2.30. The van der Waals surface area contributed by atoms with E-state index in [2.05, 4.69) is 17.1 Å². The van der Waals surface area contributed by atoms with Crippen LogP contribution in [0.4, 0.5) is 0 Å². The van der Waals surface area contributed by atoms with Gasteiger partial charge in [0.1, 0.15) is 10.6 Å². The van der Waals surface area contributed by atoms with Crippen molar-refractivity contribution in [2.24, 2.45) is 5.73 Å². The third-order valence-corrected chi connectivity index (χ3v) is 6.19. The van der Waals surface area contributed by atoms with Crippen molar-refractivity contribution in [3.05, 3.63) is 69.1 Å². The Morgan fingerprint density at radius 2 is 2.04 bits per heavy atom. The molecule has 0 atom stereocenters. The summed E-state index contributed by atoms with van der Waals surface area (Å²) in [7, 11) is 1.65. The number of rotatable bonds is 5. The zero-order chi connectivity index (χ0) is 19.0. The lowest BCUT2D eigenvalue weighted by atomic mass is 10.0. The molecule has 0 aliphatic rings. The van der Waals surface area contributed by atoms with E-state index in [0.717, 1.165) is 43.8 Å². The first-order chi connectivity index (χ1) is 13.1. The van der Waals surface area contributed by atoms with Gasteiger partial charge in [-0.05, 0) is 42.3 Å². The minimum Gasteiger partial charge on any atom is -0.496 e. The van der Waals surface area contributed by atoms with Crippen LogP contribution in [0.25, 0.3) is 21.0 Å². The summed E-state index contributed by atoms with van der Waals surface area (Å²) >= 11 is 1.56. The molecule has 0 amide bonds. The molecule has 0 unspecified atom stereocenters. The standard InChI is InChI=1S/C21H21N3O2S/c1-13-18(9-10-22)27-20-19(13)21(25)24(12-23-20)11-16-15-6-4-3-5-14(15)7-8-17(16)26-2/h3-8,12H,9-11,22H2,1-2H3. The quantitative estimate of drug-likeness (QED) is 0.576. The minimum atomic E-state index is -0.0213. The second kappa shape index (κ2) is 7.13. The molecule has 0 saturated heterocycles. The van der Waals surface area contributed by atoms with Crippen LogP contribution in [0.2, 0.25) is 0 Å². The largest absolute Gasteiger partial charge is 0.496 e. The summed E-state index contributed by atoms with van der Waals surface area (Å²) in [5, 5.41) is 2.90. The molecule has 0 aliphatic carbocycles. The molecule has 6 heteroatoms. The number of benzene rings is 2. The molecule has 0 radical (unpaired) electrons. The van der Waals surface area contributed by atoms with Crippen LogP contribution in [0.1, 0.15) is 16.0 Å². The maximum Gasteiger partial charge on any atom is 0.262 e. The van der Waals surface area contributed by atoms with Gasteiger partial charge in [-0.2, -0.15) is 0 Å². The lowest BCUT2D eigenvalue weighted by Crippen LogP contribution is -2.21. The molecule has 0 fully saturated rings. The predicted molar refractivity (Wildman–Crippen MR) is 111 cm³/mol. The maximum absolute atomic E-state index is 13.2. The molecule has 5 nitrogen and oxygen atoms in total. The fourth-order valence-corrected chi connectivity index (χ4v) is 4.68. The predicted octanol–water partition coefficient (Wildman–Crippen LogP) is 3.48. The highest BCUT2D eigenvalue weighted by molar-refractivity contribution is 7.18. The normalized spacial score (nSPS) is 11.4. The highest BCUT2D eigenvalue weighted by Gasteiger charge is 2.16. The van der Waals surface area contributed by atoms with Crippen LogP contribution in [0.15, 0.2) is 47.5 Å². The average Bonchev–Trinajstić information content (AvgIpc) is 3.00. The number of hydrogen-bond donors (Lipinski definition) is 1. The Kier molecular flexibility index (Phi) is 4.68. The van der Waals surface area contributed by atoms with Gasteiger partial charge >= 0.3 is 0 Å². The Hall–Kier alpha value is -2.70. The summed E-state index contributed by atoms with van der Waals surface area (Å²) in [4.78, 5) is 19.6. The van der Waals surface area contributed by atoms with E-state index in [4.69, 9.17) is 10.5 Å². The summed E-state index contributed by atoms with van der Waals surface area (Å²) in [5.41, 5.74) is 7.65. The Balaban J connectivity index is 1.87. The molecule has 138 valence electrons. The van der Waals surface area contributed by atoms with Crippen LogP contribution in [0, 0.1) is 6.92 Å². The summed E-state index contributed by atoms with van der Waals surface area (Å²) in [6.07, 6.45) is 2.40. The van der Waals surface area contributed by atoms with Crippen molar-refractivity contribution >= 4 is 32.3 Å². The van der Waals surface area contributed by atoms with E-state index >= 15 is 0 Å². The summed E-state index contributed by atoms with van der Waals surface area (Å²) in [5.74, 6) is 0.770. The zero-order valence-corrected chi connectivity index (χ0v) is 16.2. The van der Waals surface area contributed by atoms with E-state index in [1.165, 1.54) is 0 Å². The van der Waals surface area contributed by atoms with Crippen molar-refractivity contribution < 1.29 is 4.74 Å². The Morgan fingerprint density at radius 3 is 2.81 bits per heavy atom. The Labute approximate surface area is 161 Å². The molecule has 4 rings (SSSR count). The Morgan fingerprint density at radius 1 is 1.22 bits per heavy atom. The lowest BCUT2D eigenvalue weighted by molar-refractivity contribution is 0.409. The van der Waals surface area contributed by atoms with Crippen LogP contribution < -0.4 is 16.0 Å². The zero-order valence-electron chi connectivity index (χ0n) is 15.4. The molecule has 27 heavy (non-hydrogen) atoms. The van der Waals surface area contributed by atoms with Crippen molar-refractivity contribution in [3.8, 4) is 5.75 Å². The van der Waals surface area contributed by atoms with Gasteiger partial charge in [0.2, 0.25) is 0 Å². The molecule has 0 saturated carbocycles. The van der Waals surface area contributed by atoms with Crippen molar-refractivity contribution in [1.29, 1.82) is 0 Å². The van der Waals surface area contributed by atoms with E-state index in [1.807, 2.05) is 31.2 Å². The number of aromatic nitrogens is 2. The third-order valence-electron chi connectivity index (χ3n) is 4.93. The van der Waals surface area contributed by atoms with Crippen molar-refractivity contribution in [2.75, 3.05) is 13.7 Å². The lowest BCUT2D eigenvalue weighted by Gasteiger charge is -2.13. The van der Waals surface area contributed by atoms with Gasteiger partial charge in [-0.15, -0.1) is 11.3 Å². The summed E-state index contributed by atoms with van der Waals surface area (Å²) in [6.45, 7) is 2.96. The second-order valence-electron chi connectivity index (χ2n) is 6.51. The molecule has 0 bridgehead atoms. The van der Waals surface area contributed by atoms with Gasteiger partial charge in [0.25, 0.3) is 5.56 Å². The van der Waals surface area contributed by atoms with Crippen molar-refractivity contribution in [2.45, 2.75) is 19.9 Å². The molecule has 2 aromatic carbocycles. The van der Waals surface area contributed by atoms with E-state index in [1.54, 1.807) is 29.3 Å². The van der Waals surface area contributed by atoms with Gasteiger partial charge in [-0.25, -0.2) is 4.98 Å². The van der Waals surface area contributed by atoms with Crippen LogP contribution >= 0.6 is 11.3 Å². The first-order valence-electron chi connectivity index (χ1n) is 8.86. The fraction of sp³-hybridized carbons (Fsp3) is 0.238. The Bertz CT molecular complexity index is 1190. The van der Waals surface area contributed by atoms with Gasteiger partial charge in [-0.3, -0.25) is 9.36 Å². The van der Waals surface area contributed by atoms with Crippen LogP contribution in [-0.2, 0) is 13.0 Å². The number of methoxy groups -OCH3 is 1. The van der Waals surface area contributed by atoms with Gasteiger partial charge in [0.15, 0.2) is 0 Å². The number of nitrogens with two attached hydrogens (primary N) is 1. The van der Waals surface area contributed by atoms with Crippen LogP contribution in [0.5, 0.6) is 5.75 Å². The van der Waals surface area contributed by atoms with Gasteiger partial charge in [0.05, 0.1) is 25.4 Å². The molecular weight excluding hydrogens is 358 g/mol. The van der Waals surface area contributed by atoms with E-state index in [9.17, 15) is 4.79 Å². The van der Waals surface area contributed by atoms with Crippen LogP contribution in [-0.4, -0.2) is 23.2 Å². The first kappa shape index (κ1) is 17.7. The summed E-state index contributed by atoms with van der Waals surface area (Å²) in [6, 6.07) is 12.1. The topological polar surface area (TPSA) is 70.1 Å². The minimum absolute atomic E-state index is 0.0213. The fourth-order valence-electron chi connectivity index (χ4n) is 3.53.